The van der Waals surface area contributed by atoms with E-state index >= 15 is 0 Å². The third kappa shape index (κ3) is 3.04. The largest absolute Gasteiger partial charge is 0.462 e. The zero-order chi connectivity index (χ0) is 18.5. The van der Waals surface area contributed by atoms with Gasteiger partial charge in [0.15, 0.2) is 0 Å². The molecule has 6 heteroatoms. The Morgan fingerprint density at radius 2 is 1.96 bits per heavy atom. The van der Waals surface area contributed by atoms with Crippen molar-refractivity contribution in [1.29, 1.82) is 0 Å². The molecule has 0 bridgehead atoms. The topological polar surface area (TPSA) is 24.8 Å². The minimum Gasteiger partial charge on any atom is -0.462 e. The van der Waals surface area contributed by atoms with E-state index in [9.17, 15) is 0 Å². The maximum absolute atomic E-state index is 6.44. The van der Waals surface area contributed by atoms with Crippen LogP contribution in [-0.2, 0) is 0 Å². The van der Waals surface area contributed by atoms with Gasteiger partial charge in [0, 0.05) is 16.5 Å². The van der Waals surface area contributed by atoms with Crippen molar-refractivity contribution >= 4 is 48.9 Å². The number of aryl methyl sites for hydroxylation is 1. The highest BCUT2D eigenvalue weighted by molar-refractivity contribution is 9.11. The average Bonchev–Trinajstić information content (AvgIpc) is 3.32. The van der Waals surface area contributed by atoms with E-state index in [1.165, 1.54) is 11.1 Å². The van der Waals surface area contributed by atoms with Crippen molar-refractivity contribution < 1.29 is 4.74 Å². The first kappa shape index (κ1) is 17.5. The van der Waals surface area contributed by atoms with Crippen LogP contribution in [0, 0.1) is 6.92 Å². The van der Waals surface area contributed by atoms with Crippen molar-refractivity contribution in [3.63, 3.8) is 0 Å². The summed E-state index contributed by atoms with van der Waals surface area (Å²) in [7, 11) is 0. The second-order valence-electron chi connectivity index (χ2n) is 6.80. The predicted octanol–water partition coefficient (Wildman–Crippen LogP) is 6.82. The molecular weight excluding hydrogens is 488 g/mol. The fourth-order valence-corrected chi connectivity index (χ4v) is 5.75. The molecule has 2 atom stereocenters. The molecule has 0 saturated carbocycles. The lowest BCUT2D eigenvalue weighted by atomic mass is 9.96. The molecule has 0 N–H and O–H groups in total. The standard InChI is InChI=1S/C21H16Br2N2OS/c1-12-4-6-13(7-5-12)17-11-18-15-9-14(22)10-16(23)20(15)26-21(25(18)24-17)19-3-2-8-27-19/h2-10,18,21H,11H2,1H3. The van der Waals surface area contributed by atoms with E-state index in [2.05, 4.69) is 91.6 Å². The Bertz CT molecular complexity index is 1030. The number of nitrogens with zero attached hydrogens (tertiary/aromatic N) is 2. The SMILES string of the molecule is Cc1ccc(C2=NN3C(C2)c2cc(Br)cc(Br)c2OC3c2cccs2)cc1. The molecule has 27 heavy (non-hydrogen) atoms. The number of fused-ring (bicyclic) bond motifs is 3. The van der Waals surface area contributed by atoms with Crippen LogP contribution >= 0.6 is 43.2 Å². The van der Waals surface area contributed by atoms with E-state index in [0.29, 0.717) is 0 Å². The second-order valence-corrected chi connectivity index (χ2v) is 9.55. The molecule has 136 valence electrons. The molecule has 0 radical (unpaired) electrons. The number of benzene rings is 2. The van der Waals surface area contributed by atoms with E-state index in [-0.39, 0.29) is 12.3 Å². The minimum atomic E-state index is -0.206. The number of halogens is 2. The van der Waals surface area contributed by atoms with Crippen LogP contribution in [0.25, 0.3) is 0 Å². The van der Waals surface area contributed by atoms with Gasteiger partial charge in [-0.05, 0) is 52.0 Å². The first-order valence-electron chi connectivity index (χ1n) is 8.72. The number of rotatable bonds is 2. The van der Waals surface area contributed by atoms with Gasteiger partial charge in [-0.1, -0.05) is 51.8 Å². The quantitative estimate of drug-likeness (QED) is 0.383. The van der Waals surface area contributed by atoms with E-state index in [0.717, 1.165) is 37.3 Å². The van der Waals surface area contributed by atoms with Crippen LogP contribution in [0.3, 0.4) is 0 Å². The Hall–Kier alpha value is -1.63. The van der Waals surface area contributed by atoms with Gasteiger partial charge in [0.2, 0.25) is 6.23 Å². The molecule has 0 spiro atoms. The van der Waals surface area contributed by atoms with Gasteiger partial charge in [-0.15, -0.1) is 11.3 Å². The first-order chi connectivity index (χ1) is 13.1. The van der Waals surface area contributed by atoms with Gasteiger partial charge in [0.1, 0.15) is 5.75 Å². The molecule has 2 aromatic carbocycles. The third-order valence-electron chi connectivity index (χ3n) is 4.98. The average molecular weight is 504 g/mol. The second kappa shape index (κ2) is 6.76. The Balaban J connectivity index is 1.62. The van der Waals surface area contributed by atoms with E-state index < -0.39 is 0 Å². The maximum Gasteiger partial charge on any atom is 0.223 e. The summed E-state index contributed by atoms with van der Waals surface area (Å²) >= 11 is 9.00. The molecular formula is C21H16Br2N2OS. The Kier molecular flexibility index (Phi) is 4.37. The monoisotopic (exact) mass is 502 g/mol. The molecule has 2 aliphatic rings. The lowest BCUT2D eigenvalue weighted by molar-refractivity contribution is -0.0172. The Morgan fingerprint density at radius 1 is 1.15 bits per heavy atom. The van der Waals surface area contributed by atoms with Crippen LogP contribution in [0.2, 0.25) is 0 Å². The van der Waals surface area contributed by atoms with Gasteiger partial charge in [0.25, 0.3) is 0 Å². The van der Waals surface area contributed by atoms with Crippen LogP contribution in [0.4, 0.5) is 0 Å². The summed E-state index contributed by atoms with van der Waals surface area (Å²) in [4.78, 5) is 1.16. The van der Waals surface area contributed by atoms with Gasteiger partial charge in [-0.3, -0.25) is 0 Å². The van der Waals surface area contributed by atoms with Gasteiger partial charge < -0.3 is 4.74 Å². The molecule has 0 saturated heterocycles. The van der Waals surface area contributed by atoms with Crippen molar-refractivity contribution in [1.82, 2.24) is 5.01 Å². The normalized spacial score (nSPS) is 20.7. The molecule has 5 rings (SSSR count). The van der Waals surface area contributed by atoms with E-state index in [1.807, 2.05) is 6.07 Å². The summed E-state index contributed by atoms with van der Waals surface area (Å²) in [5.41, 5.74) is 4.70. The highest BCUT2D eigenvalue weighted by Gasteiger charge is 2.42. The fourth-order valence-electron chi connectivity index (χ4n) is 3.65. The van der Waals surface area contributed by atoms with Crippen LogP contribution in [-0.4, -0.2) is 10.7 Å². The zero-order valence-electron chi connectivity index (χ0n) is 14.5. The summed E-state index contributed by atoms with van der Waals surface area (Å²) in [6.45, 7) is 2.11. The molecule has 2 aliphatic heterocycles. The number of thiophene rings is 1. The molecule has 3 heterocycles. The highest BCUT2D eigenvalue weighted by atomic mass is 79.9. The van der Waals surface area contributed by atoms with Crippen molar-refractivity contribution in [3.05, 3.63) is 84.4 Å². The van der Waals surface area contributed by atoms with Crippen LogP contribution in [0.15, 0.2) is 68.0 Å². The summed E-state index contributed by atoms with van der Waals surface area (Å²) < 4.78 is 8.45. The number of hydrogen-bond acceptors (Lipinski definition) is 4. The number of ether oxygens (including phenoxy) is 1. The lowest BCUT2D eigenvalue weighted by Crippen LogP contribution is -2.33. The van der Waals surface area contributed by atoms with Crippen molar-refractivity contribution in [3.8, 4) is 5.75 Å². The smallest absolute Gasteiger partial charge is 0.223 e. The fraction of sp³-hybridized carbons (Fsp3) is 0.190. The summed E-state index contributed by atoms with van der Waals surface area (Å²) in [5.74, 6) is 0.915. The van der Waals surface area contributed by atoms with Gasteiger partial charge in [0.05, 0.1) is 21.1 Å². The zero-order valence-corrected chi connectivity index (χ0v) is 18.5. The molecule has 1 aromatic heterocycles. The number of hydrazone groups is 1. The predicted molar refractivity (Wildman–Crippen MR) is 116 cm³/mol. The van der Waals surface area contributed by atoms with Crippen LogP contribution in [0.1, 0.15) is 40.3 Å². The molecule has 0 fully saturated rings. The lowest BCUT2D eigenvalue weighted by Gasteiger charge is -2.38. The van der Waals surface area contributed by atoms with Gasteiger partial charge >= 0.3 is 0 Å². The third-order valence-corrected chi connectivity index (χ3v) is 6.93. The maximum atomic E-state index is 6.44. The van der Waals surface area contributed by atoms with Crippen LogP contribution in [0.5, 0.6) is 5.75 Å². The van der Waals surface area contributed by atoms with Gasteiger partial charge in [-0.2, -0.15) is 5.10 Å². The molecule has 3 aromatic rings. The van der Waals surface area contributed by atoms with Crippen LogP contribution < -0.4 is 4.74 Å². The highest BCUT2D eigenvalue weighted by Crippen LogP contribution is 2.51. The summed E-state index contributed by atoms with van der Waals surface area (Å²) in [6.07, 6.45) is 0.660. The summed E-state index contributed by atoms with van der Waals surface area (Å²) in [5, 5.41) is 9.22. The molecule has 2 unspecified atom stereocenters. The van der Waals surface area contributed by atoms with Crippen molar-refractivity contribution in [2.24, 2.45) is 5.10 Å². The first-order valence-corrected chi connectivity index (χ1v) is 11.2. The minimum absolute atomic E-state index is 0.158. The van der Waals surface area contributed by atoms with E-state index in [4.69, 9.17) is 9.84 Å². The van der Waals surface area contributed by atoms with E-state index in [1.54, 1.807) is 11.3 Å². The van der Waals surface area contributed by atoms with Gasteiger partial charge in [-0.25, -0.2) is 5.01 Å². The Morgan fingerprint density at radius 3 is 2.70 bits per heavy atom. The van der Waals surface area contributed by atoms with Crippen molar-refractivity contribution in [2.75, 3.05) is 0 Å². The molecule has 3 nitrogen and oxygen atoms in total. The van der Waals surface area contributed by atoms with Crippen molar-refractivity contribution in [2.45, 2.75) is 25.6 Å². The summed E-state index contributed by atoms with van der Waals surface area (Å²) in [6, 6.07) is 17.1. The molecule has 0 amide bonds. The molecule has 0 aliphatic carbocycles. The Labute approximate surface area is 178 Å². The number of hydrogen-bond donors (Lipinski definition) is 0.